The van der Waals surface area contributed by atoms with Crippen LogP contribution < -0.4 is 37.3 Å². The molecular weight excluding hydrogens is 480 g/mol. The van der Waals surface area contributed by atoms with Gasteiger partial charge in [-0.1, -0.05) is 121 Å². The maximum atomic E-state index is 8.88. The van der Waals surface area contributed by atoms with Crippen molar-refractivity contribution in [2.45, 2.75) is 48.2 Å². The first kappa shape index (κ1) is 15.8. The molecule has 1 aliphatic rings. The smallest absolute Gasteiger partial charge is 0.201 e. The molecule has 0 bridgehead atoms. The highest BCUT2D eigenvalue weighted by molar-refractivity contribution is 7.11. The Morgan fingerprint density at radius 3 is 1.70 bits per heavy atom. The lowest BCUT2D eigenvalue weighted by Crippen LogP contribution is -2.75. The first-order chi connectivity index (χ1) is 24.0. The van der Waals surface area contributed by atoms with Gasteiger partial charge in [-0.2, -0.15) is 0 Å². The van der Waals surface area contributed by atoms with Crippen LogP contribution in [0.5, 0.6) is 0 Å². The molecule has 4 aromatic carbocycles. The predicted octanol–water partition coefficient (Wildman–Crippen LogP) is 3.68. The van der Waals surface area contributed by atoms with Crippen molar-refractivity contribution in [1.82, 2.24) is 0 Å². The molecule has 0 aliphatic carbocycles. The fourth-order valence-corrected chi connectivity index (χ4v) is 6.67. The van der Waals surface area contributed by atoms with Crippen LogP contribution in [0.4, 0.5) is 0 Å². The average Bonchev–Trinajstić information content (AvgIpc) is 3.02. The van der Waals surface area contributed by atoms with Gasteiger partial charge in [0.25, 0.3) is 0 Å². The quantitative estimate of drug-likeness (QED) is 0.243. The lowest BCUT2D eigenvalue weighted by atomic mass is 9.20. The molecule has 0 saturated carbocycles. The van der Waals surface area contributed by atoms with Gasteiger partial charge in [-0.15, -0.1) is 0 Å². The molecule has 0 spiro atoms. The van der Waals surface area contributed by atoms with Crippen LogP contribution in [-0.2, 0) is 7.05 Å². The maximum absolute atomic E-state index is 8.88. The molecule has 0 amide bonds. The van der Waals surface area contributed by atoms with E-state index in [9.17, 15) is 0 Å². The van der Waals surface area contributed by atoms with E-state index in [-0.39, 0.29) is 22.3 Å². The minimum atomic E-state index is -2.61. The van der Waals surface area contributed by atoms with Gasteiger partial charge in [-0.05, 0) is 65.9 Å². The number of hydrogen-bond acceptors (Lipinski definition) is 0. The normalized spacial score (nSPS) is 18.1. The standard InChI is InChI=1S/C37H38B2N/c1-23-17-18-35(40(8)22-23)30-21-27(5)37(29(7)28(30)6)39-33-15-11-9-13-31(33)38(32-14-10-12-16-34(32)39)36-25(3)19-24(2)20-26(36)4/h9-22H,1-8H3/q+1/i1D3,2D3,3D3,7D3. The lowest BCUT2D eigenvalue weighted by molar-refractivity contribution is -0.660. The van der Waals surface area contributed by atoms with Gasteiger partial charge in [0.15, 0.2) is 6.20 Å². The summed E-state index contributed by atoms with van der Waals surface area (Å²) >= 11 is 0. The minimum absolute atomic E-state index is 0.0244. The molecule has 5 aromatic rings. The van der Waals surface area contributed by atoms with E-state index in [1.807, 2.05) is 61.5 Å². The molecule has 1 aliphatic heterocycles. The summed E-state index contributed by atoms with van der Waals surface area (Å²) in [5.74, 6) is 0. The zero-order valence-corrected chi connectivity index (χ0v) is 23.2. The van der Waals surface area contributed by atoms with Crippen molar-refractivity contribution in [1.29, 1.82) is 0 Å². The van der Waals surface area contributed by atoms with Crippen molar-refractivity contribution in [2.24, 2.45) is 7.05 Å². The first-order valence-electron chi connectivity index (χ1n) is 19.5. The summed E-state index contributed by atoms with van der Waals surface area (Å²) in [7, 11) is 1.75. The molecule has 2 heterocycles. The third-order valence-electron chi connectivity index (χ3n) is 8.44. The van der Waals surface area contributed by atoms with Crippen molar-refractivity contribution in [2.75, 3.05) is 0 Å². The Kier molecular flexibility index (Phi) is 3.94. The molecule has 40 heavy (non-hydrogen) atoms. The molecule has 0 N–H and O–H groups in total. The topological polar surface area (TPSA) is 3.88 Å². The number of aromatic nitrogens is 1. The molecule has 0 unspecified atom stereocenters. The van der Waals surface area contributed by atoms with Gasteiger partial charge in [-0.3, -0.25) is 0 Å². The Labute approximate surface area is 258 Å². The van der Waals surface area contributed by atoms with Crippen molar-refractivity contribution in [3.63, 3.8) is 0 Å². The van der Waals surface area contributed by atoms with Crippen LogP contribution in [0, 0.1) is 48.2 Å². The second-order valence-corrected chi connectivity index (χ2v) is 10.9. The highest BCUT2D eigenvalue weighted by Crippen LogP contribution is 2.25. The fourth-order valence-electron chi connectivity index (χ4n) is 6.67. The second kappa shape index (κ2) is 9.97. The first-order valence-corrected chi connectivity index (χ1v) is 13.5. The monoisotopic (exact) mass is 530 g/mol. The molecule has 0 radical (unpaired) electrons. The minimum Gasteiger partial charge on any atom is -0.201 e. The molecule has 6 rings (SSSR count). The fraction of sp³-hybridized carbons (Fsp3) is 0.216. The summed E-state index contributed by atoms with van der Waals surface area (Å²) in [6.45, 7) is -5.61. The van der Waals surface area contributed by atoms with Crippen LogP contribution in [0.2, 0.25) is 0 Å². The van der Waals surface area contributed by atoms with Crippen LogP contribution in [0.1, 0.15) is 55.4 Å². The van der Waals surface area contributed by atoms with E-state index in [0.717, 1.165) is 27.4 Å². The van der Waals surface area contributed by atoms with Crippen LogP contribution >= 0.6 is 0 Å². The van der Waals surface area contributed by atoms with E-state index in [4.69, 9.17) is 16.4 Å². The number of nitrogens with zero attached hydrogens (tertiary/aromatic N) is 1. The number of fused-ring (bicyclic) bond motifs is 2. The van der Waals surface area contributed by atoms with Gasteiger partial charge >= 0.3 is 0 Å². The zero-order valence-electron chi connectivity index (χ0n) is 35.2. The summed E-state index contributed by atoms with van der Waals surface area (Å²) in [6.07, 6.45) is 1.55. The molecule has 1 nitrogen and oxygen atoms in total. The van der Waals surface area contributed by atoms with E-state index in [2.05, 4.69) is 0 Å². The molecular formula is C37H38B2N+. The number of benzene rings is 4. The summed E-state index contributed by atoms with van der Waals surface area (Å²) in [5, 5.41) is 0. The Bertz CT molecular complexity index is 2170. The predicted molar refractivity (Wildman–Crippen MR) is 175 cm³/mol. The van der Waals surface area contributed by atoms with Gasteiger partial charge in [0, 0.05) is 33.6 Å². The summed E-state index contributed by atoms with van der Waals surface area (Å²) in [4.78, 5) is 0. The van der Waals surface area contributed by atoms with Crippen molar-refractivity contribution in [3.05, 3.63) is 124 Å². The summed E-state index contributed by atoms with van der Waals surface area (Å²) < 4.78 is 102. The molecule has 0 atom stereocenters. The Balaban J connectivity index is 1.65. The molecule has 0 fully saturated rings. The second-order valence-electron chi connectivity index (χ2n) is 10.9. The van der Waals surface area contributed by atoms with Crippen molar-refractivity contribution < 1.29 is 21.0 Å². The third-order valence-corrected chi connectivity index (χ3v) is 8.44. The number of rotatable bonds is 3. The van der Waals surface area contributed by atoms with Crippen LogP contribution in [-0.4, -0.2) is 13.4 Å². The van der Waals surface area contributed by atoms with E-state index in [1.165, 1.54) is 6.07 Å². The van der Waals surface area contributed by atoms with Crippen LogP contribution in [0.25, 0.3) is 11.3 Å². The van der Waals surface area contributed by atoms with Gasteiger partial charge in [0.1, 0.15) is 7.05 Å². The summed E-state index contributed by atoms with van der Waals surface area (Å²) in [6, 6.07) is 23.4. The summed E-state index contributed by atoms with van der Waals surface area (Å²) in [5.41, 5.74) is 7.92. The highest BCUT2D eigenvalue weighted by atomic mass is 14.9. The maximum Gasteiger partial charge on any atom is 0.240 e. The third kappa shape index (κ3) is 4.15. The molecule has 0 saturated heterocycles. The van der Waals surface area contributed by atoms with E-state index in [0.29, 0.717) is 33.3 Å². The SMILES string of the molecule is [2H]C([2H])([2H])c1cc(C)c(B2c3ccccc3B(c3c(C)cc(-c4ccc(C([2H])([2H])[2H])c[n+]4C)c(C)c3C([2H])([2H])[2H])c3ccccc32)c(C([2H])([2H])[2H])c1. The number of hydrogen-bond donors (Lipinski definition) is 0. The van der Waals surface area contributed by atoms with Gasteiger partial charge in [-0.25, -0.2) is 4.57 Å². The van der Waals surface area contributed by atoms with E-state index >= 15 is 0 Å². The van der Waals surface area contributed by atoms with Crippen molar-refractivity contribution >= 4 is 46.2 Å². The average molecular weight is 530 g/mol. The Morgan fingerprint density at radius 2 is 1.15 bits per heavy atom. The molecule has 3 heteroatoms. The number of aryl methyl sites for hydroxylation is 6. The number of pyridine rings is 1. The Morgan fingerprint density at radius 1 is 0.575 bits per heavy atom. The highest BCUT2D eigenvalue weighted by Gasteiger charge is 2.40. The van der Waals surface area contributed by atoms with Crippen molar-refractivity contribution in [3.8, 4) is 11.3 Å². The van der Waals surface area contributed by atoms with Crippen LogP contribution in [0.15, 0.2) is 85.1 Å². The van der Waals surface area contributed by atoms with Gasteiger partial charge in [0.2, 0.25) is 19.1 Å². The molecule has 1 aromatic heterocycles. The lowest BCUT2D eigenvalue weighted by Gasteiger charge is -2.34. The van der Waals surface area contributed by atoms with Gasteiger partial charge < -0.3 is 0 Å². The largest absolute Gasteiger partial charge is 0.240 e. The zero-order chi connectivity index (χ0) is 38.3. The Hall–Kier alpha value is -3.84. The molecule has 196 valence electrons. The van der Waals surface area contributed by atoms with E-state index in [1.54, 1.807) is 49.9 Å². The van der Waals surface area contributed by atoms with Gasteiger partial charge in [0.05, 0.1) is 0 Å². The van der Waals surface area contributed by atoms with E-state index < -0.39 is 40.8 Å². The van der Waals surface area contributed by atoms with Crippen LogP contribution in [0.3, 0.4) is 0 Å².